The second-order valence-corrected chi connectivity index (χ2v) is 11.5. The standard InChI is InChI=1S/C24H20ClN5O5S2/c1-16-13-14-26-24(27-16)30-36(32,33)20-10-8-18(9-11-20)28-23(31)17-7-12-21(25)22(15-17)37(34,35)29-19-5-3-2-4-6-19/h2-15,29H,1H3,(H,28,31)(H,26,27,30). The largest absolute Gasteiger partial charge is 0.322 e. The van der Waals surface area contributed by atoms with E-state index in [9.17, 15) is 21.6 Å². The molecular formula is C24H20ClN5O5S2. The summed E-state index contributed by atoms with van der Waals surface area (Å²) in [5.41, 5.74) is 1.26. The van der Waals surface area contributed by atoms with E-state index < -0.39 is 26.0 Å². The highest BCUT2D eigenvalue weighted by atomic mass is 35.5. The highest BCUT2D eigenvalue weighted by Gasteiger charge is 2.21. The van der Waals surface area contributed by atoms with Crippen LogP contribution in [0.2, 0.25) is 5.02 Å². The lowest BCUT2D eigenvalue weighted by molar-refractivity contribution is 0.102. The molecule has 10 nitrogen and oxygen atoms in total. The monoisotopic (exact) mass is 557 g/mol. The number of aryl methyl sites for hydroxylation is 1. The average molecular weight is 558 g/mol. The highest BCUT2D eigenvalue weighted by Crippen LogP contribution is 2.26. The van der Waals surface area contributed by atoms with Gasteiger partial charge in [0.05, 0.1) is 9.92 Å². The number of hydrogen-bond donors (Lipinski definition) is 3. The van der Waals surface area contributed by atoms with Crippen LogP contribution in [0.15, 0.2) is 94.9 Å². The zero-order chi connectivity index (χ0) is 26.6. The second-order valence-electron chi connectivity index (χ2n) is 7.72. The lowest BCUT2D eigenvalue weighted by Gasteiger charge is -2.12. The van der Waals surface area contributed by atoms with Crippen molar-refractivity contribution in [2.75, 3.05) is 14.8 Å². The van der Waals surface area contributed by atoms with Crippen LogP contribution in [0.3, 0.4) is 0 Å². The number of nitrogens with one attached hydrogen (secondary N) is 3. The van der Waals surface area contributed by atoms with Crippen LogP contribution in [0.4, 0.5) is 17.3 Å². The Morgan fingerprint density at radius 1 is 0.811 bits per heavy atom. The van der Waals surface area contributed by atoms with Gasteiger partial charge in [0.25, 0.3) is 26.0 Å². The molecule has 0 saturated heterocycles. The van der Waals surface area contributed by atoms with E-state index in [1.54, 1.807) is 43.3 Å². The van der Waals surface area contributed by atoms with Gasteiger partial charge in [-0.15, -0.1) is 0 Å². The first kappa shape index (κ1) is 26.1. The normalized spacial score (nSPS) is 11.5. The topological polar surface area (TPSA) is 147 Å². The Morgan fingerprint density at radius 3 is 2.19 bits per heavy atom. The maximum absolute atomic E-state index is 12.8. The fourth-order valence-electron chi connectivity index (χ4n) is 3.16. The quantitative estimate of drug-likeness (QED) is 0.293. The smallest absolute Gasteiger partial charge is 0.264 e. The van der Waals surface area contributed by atoms with Gasteiger partial charge in [0.1, 0.15) is 4.90 Å². The average Bonchev–Trinajstić information content (AvgIpc) is 2.84. The number of benzene rings is 3. The number of nitrogens with zero attached hydrogens (tertiary/aromatic N) is 2. The van der Waals surface area contributed by atoms with Crippen LogP contribution in [0.25, 0.3) is 0 Å². The molecule has 0 aliphatic carbocycles. The molecule has 3 N–H and O–H groups in total. The van der Waals surface area contributed by atoms with Crippen molar-refractivity contribution in [2.45, 2.75) is 16.7 Å². The first-order valence-corrected chi connectivity index (χ1v) is 14.0. The van der Waals surface area contributed by atoms with Crippen molar-refractivity contribution in [3.8, 4) is 0 Å². The number of aromatic nitrogens is 2. The third-order valence-corrected chi connectivity index (χ3v) is 8.16. The molecule has 0 spiro atoms. The molecular weight excluding hydrogens is 538 g/mol. The molecule has 1 aromatic heterocycles. The number of hydrogen-bond acceptors (Lipinski definition) is 7. The van der Waals surface area contributed by atoms with Crippen LogP contribution in [-0.4, -0.2) is 32.7 Å². The van der Waals surface area contributed by atoms with Crippen molar-refractivity contribution in [3.63, 3.8) is 0 Å². The molecule has 0 aliphatic heterocycles. The Morgan fingerprint density at radius 2 is 1.51 bits per heavy atom. The second kappa shape index (κ2) is 10.5. The molecule has 3 aromatic carbocycles. The van der Waals surface area contributed by atoms with E-state index in [0.29, 0.717) is 11.4 Å². The van der Waals surface area contributed by atoms with Crippen molar-refractivity contribution in [2.24, 2.45) is 0 Å². The van der Waals surface area contributed by atoms with Gasteiger partial charge in [0.2, 0.25) is 5.95 Å². The summed E-state index contributed by atoms with van der Waals surface area (Å²) >= 11 is 6.12. The highest BCUT2D eigenvalue weighted by molar-refractivity contribution is 7.93. The van der Waals surface area contributed by atoms with Gasteiger partial charge in [0.15, 0.2) is 0 Å². The molecule has 1 heterocycles. The van der Waals surface area contributed by atoms with Gasteiger partial charge in [-0.1, -0.05) is 29.8 Å². The fraction of sp³-hybridized carbons (Fsp3) is 0.0417. The zero-order valence-corrected chi connectivity index (χ0v) is 21.6. The summed E-state index contributed by atoms with van der Waals surface area (Å²) in [7, 11) is -8.03. The Labute approximate surface area is 218 Å². The third kappa shape index (κ3) is 6.42. The van der Waals surface area contributed by atoms with Gasteiger partial charge < -0.3 is 5.32 Å². The predicted molar refractivity (Wildman–Crippen MR) is 141 cm³/mol. The van der Waals surface area contributed by atoms with E-state index in [4.69, 9.17) is 11.6 Å². The Kier molecular flexibility index (Phi) is 7.43. The van der Waals surface area contributed by atoms with Crippen LogP contribution in [-0.2, 0) is 20.0 Å². The summed E-state index contributed by atoms with van der Waals surface area (Å²) in [6.45, 7) is 1.70. The number of carbonyl (C=O) groups excluding carboxylic acids is 1. The summed E-state index contributed by atoms with van der Waals surface area (Å²) in [6.07, 6.45) is 1.43. The Balaban J connectivity index is 1.49. The molecule has 4 rings (SSSR count). The van der Waals surface area contributed by atoms with Crippen LogP contribution >= 0.6 is 11.6 Å². The van der Waals surface area contributed by atoms with E-state index in [1.807, 2.05) is 0 Å². The summed E-state index contributed by atoms with van der Waals surface area (Å²) < 4.78 is 55.6. The zero-order valence-electron chi connectivity index (χ0n) is 19.2. The summed E-state index contributed by atoms with van der Waals surface area (Å²) in [6, 6.07) is 19.1. The van der Waals surface area contributed by atoms with Crippen LogP contribution < -0.4 is 14.8 Å². The van der Waals surface area contributed by atoms with Crippen LogP contribution in [0, 0.1) is 6.92 Å². The van der Waals surface area contributed by atoms with Crippen molar-refractivity contribution < 1.29 is 21.6 Å². The lowest BCUT2D eigenvalue weighted by Crippen LogP contribution is -2.17. The molecule has 37 heavy (non-hydrogen) atoms. The number of halogens is 1. The van der Waals surface area contributed by atoms with Gasteiger partial charge >= 0.3 is 0 Å². The van der Waals surface area contributed by atoms with E-state index in [1.165, 1.54) is 42.6 Å². The number of para-hydroxylation sites is 1. The lowest BCUT2D eigenvalue weighted by atomic mass is 10.2. The van der Waals surface area contributed by atoms with Gasteiger partial charge in [-0.3, -0.25) is 9.52 Å². The molecule has 0 fully saturated rings. The maximum Gasteiger partial charge on any atom is 0.264 e. The fourth-order valence-corrected chi connectivity index (χ4v) is 5.70. The summed E-state index contributed by atoms with van der Waals surface area (Å²) in [5, 5.41) is 2.55. The van der Waals surface area contributed by atoms with E-state index in [0.717, 1.165) is 6.07 Å². The minimum absolute atomic E-state index is 0.0350. The third-order valence-electron chi connectivity index (χ3n) is 4.95. The Hall–Kier alpha value is -4.00. The van der Waals surface area contributed by atoms with Crippen molar-refractivity contribution in [1.82, 2.24) is 9.97 Å². The molecule has 13 heteroatoms. The van der Waals surface area contributed by atoms with Crippen molar-refractivity contribution in [3.05, 3.63) is 101 Å². The first-order valence-electron chi connectivity index (χ1n) is 10.6. The maximum atomic E-state index is 12.8. The van der Waals surface area contributed by atoms with Gasteiger partial charge in [-0.2, -0.15) is 0 Å². The van der Waals surface area contributed by atoms with Crippen LogP contribution in [0.5, 0.6) is 0 Å². The molecule has 1 amide bonds. The molecule has 0 bridgehead atoms. The first-order chi connectivity index (χ1) is 17.5. The number of rotatable bonds is 8. The van der Waals surface area contributed by atoms with E-state index in [-0.39, 0.29) is 32.0 Å². The minimum Gasteiger partial charge on any atom is -0.322 e. The van der Waals surface area contributed by atoms with E-state index >= 15 is 0 Å². The summed E-state index contributed by atoms with van der Waals surface area (Å²) in [4.78, 5) is 20.4. The molecule has 0 atom stereocenters. The Bertz CT molecular complexity index is 1660. The predicted octanol–water partition coefficient (Wildman–Crippen LogP) is 4.29. The molecule has 0 aliphatic rings. The SMILES string of the molecule is Cc1ccnc(NS(=O)(=O)c2ccc(NC(=O)c3ccc(Cl)c(S(=O)(=O)Nc4ccccc4)c3)cc2)n1. The van der Waals surface area contributed by atoms with Gasteiger partial charge in [-0.25, -0.2) is 31.5 Å². The summed E-state index contributed by atoms with van der Waals surface area (Å²) in [5.74, 6) is -0.678. The number of anilines is 3. The molecule has 4 aromatic rings. The van der Waals surface area contributed by atoms with Gasteiger partial charge in [0, 0.05) is 28.8 Å². The minimum atomic E-state index is -4.07. The number of carbonyl (C=O) groups is 1. The van der Waals surface area contributed by atoms with E-state index in [2.05, 4.69) is 24.7 Å². The van der Waals surface area contributed by atoms with Crippen molar-refractivity contribution in [1.29, 1.82) is 0 Å². The van der Waals surface area contributed by atoms with Crippen molar-refractivity contribution >= 4 is 54.9 Å². The van der Waals surface area contributed by atoms with Gasteiger partial charge in [-0.05, 0) is 67.6 Å². The molecule has 0 saturated carbocycles. The molecule has 190 valence electrons. The molecule has 0 unspecified atom stereocenters. The molecule has 0 radical (unpaired) electrons. The van der Waals surface area contributed by atoms with Crippen LogP contribution in [0.1, 0.15) is 16.1 Å². The number of sulfonamides is 2. The number of amides is 1.